The molecule has 5 N–H and O–H groups in total. The minimum absolute atomic E-state index is 0.0191. The quantitative estimate of drug-likeness (QED) is 0.291. The van der Waals surface area contributed by atoms with Crippen LogP contribution in [0.5, 0.6) is 0 Å². The Kier molecular flexibility index (Phi) is 17.5. The van der Waals surface area contributed by atoms with Crippen LogP contribution in [0.15, 0.2) is 0 Å². The van der Waals surface area contributed by atoms with Crippen LogP contribution in [0, 0.1) is 5.92 Å². The number of carboxylic acid groups (broad SMARTS) is 3. The van der Waals surface area contributed by atoms with Gasteiger partial charge in [-0.1, -0.05) is 77.0 Å². The summed E-state index contributed by atoms with van der Waals surface area (Å²) < 4.78 is 0. The lowest BCUT2D eigenvalue weighted by Crippen LogP contribution is -2.49. The number of ketones is 1. The Labute approximate surface area is 230 Å². The Balaban J connectivity index is 2.97. The number of carboxylic acids is 3. The monoisotopic (exact) mass is 554 g/mol. The van der Waals surface area contributed by atoms with Crippen LogP contribution in [0.3, 0.4) is 0 Å². The van der Waals surface area contributed by atoms with E-state index in [4.69, 9.17) is 5.11 Å². The van der Waals surface area contributed by atoms with Crippen molar-refractivity contribution in [3.05, 3.63) is 0 Å². The molecule has 1 heterocycles. The summed E-state index contributed by atoms with van der Waals surface area (Å²) in [7, 11) is 0. The fraction of sp³-hybridized carbons (Fsp3) is 0.786. The Morgan fingerprint density at radius 3 is 1.64 bits per heavy atom. The lowest BCUT2D eigenvalue weighted by Gasteiger charge is -2.23. The molecule has 2 amide bonds. The van der Waals surface area contributed by atoms with Crippen molar-refractivity contribution in [3.8, 4) is 0 Å². The standard InChI is InChI=1S/C28H46N2O9/c31-23-15-13-11-9-7-5-3-1-2-4-6-8-10-12-14-16-24(32)29-22(28(38)39)19-20(23)26(35)30-21(27(36)37)17-18-25(33)34/h20-22H,1-19H2,(H,29,32)(H,30,35)(H,33,34)(H,36,37)(H,38,39)/t20?,21-,22-/m0/s1. The molecule has 1 aliphatic rings. The number of Topliss-reactive ketones (excluding diaryl/α,β-unsaturated/α-hetero) is 1. The highest BCUT2D eigenvalue weighted by atomic mass is 16.4. The molecule has 1 unspecified atom stereocenters. The minimum Gasteiger partial charge on any atom is -0.481 e. The molecule has 3 atom stereocenters. The van der Waals surface area contributed by atoms with Crippen LogP contribution in [-0.4, -0.2) is 62.9 Å². The normalized spacial score (nSPS) is 22.8. The summed E-state index contributed by atoms with van der Waals surface area (Å²) in [5.41, 5.74) is 0. The molecule has 0 spiro atoms. The van der Waals surface area contributed by atoms with E-state index in [1.54, 1.807) is 0 Å². The number of nitrogens with one attached hydrogen (secondary N) is 2. The van der Waals surface area contributed by atoms with Gasteiger partial charge in [0.15, 0.2) is 0 Å². The van der Waals surface area contributed by atoms with Crippen molar-refractivity contribution < 1.29 is 44.1 Å². The average Bonchev–Trinajstić information content (AvgIpc) is 2.87. The van der Waals surface area contributed by atoms with Gasteiger partial charge in [-0.15, -0.1) is 0 Å². The van der Waals surface area contributed by atoms with Crippen molar-refractivity contribution in [2.45, 2.75) is 134 Å². The summed E-state index contributed by atoms with van der Waals surface area (Å²) in [6.45, 7) is 0. The number of aliphatic carboxylic acids is 3. The molecule has 0 aromatic heterocycles. The molecule has 0 bridgehead atoms. The summed E-state index contributed by atoms with van der Waals surface area (Å²) in [6, 6.07) is -3.05. The number of carbonyl (C=O) groups is 6. The molecule has 39 heavy (non-hydrogen) atoms. The number of hydrogen-bond donors (Lipinski definition) is 5. The zero-order valence-electron chi connectivity index (χ0n) is 23.0. The minimum atomic E-state index is -1.55. The third kappa shape index (κ3) is 15.9. The van der Waals surface area contributed by atoms with Gasteiger partial charge in [-0.2, -0.15) is 0 Å². The first-order valence-electron chi connectivity index (χ1n) is 14.4. The van der Waals surface area contributed by atoms with Gasteiger partial charge >= 0.3 is 17.9 Å². The smallest absolute Gasteiger partial charge is 0.326 e. The van der Waals surface area contributed by atoms with Gasteiger partial charge in [0.2, 0.25) is 11.8 Å². The number of carbonyl (C=O) groups excluding carboxylic acids is 3. The molecule has 0 saturated carbocycles. The van der Waals surface area contributed by atoms with E-state index in [0.29, 0.717) is 12.8 Å². The van der Waals surface area contributed by atoms with Crippen molar-refractivity contribution >= 4 is 35.5 Å². The van der Waals surface area contributed by atoms with E-state index >= 15 is 0 Å². The summed E-state index contributed by atoms with van der Waals surface area (Å²) in [4.78, 5) is 72.9. The van der Waals surface area contributed by atoms with Gasteiger partial charge in [0.05, 0.1) is 5.92 Å². The summed E-state index contributed by atoms with van der Waals surface area (Å²) in [5.74, 6) is -7.58. The van der Waals surface area contributed by atoms with Gasteiger partial charge < -0.3 is 26.0 Å². The highest BCUT2D eigenvalue weighted by Crippen LogP contribution is 2.18. The van der Waals surface area contributed by atoms with E-state index in [2.05, 4.69) is 10.6 Å². The van der Waals surface area contributed by atoms with Crippen LogP contribution in [-0.2, 0) is 28.8 Å². The molecular formula is C28H46N2O9. The third-order valence-corrected chi connectivity index (χ3v) is 7.15. The topological polar surface area (TPSA) is 187 Å². The van der Waals surface area contributed by atoms with Crippen molar-refractivity contribution in [2.24, 2.45) is 5.92 Å². The molecule has 1 saturated heterocycles. The van der Waals surface area contributed by atoms with Crippen LogP contribution < -0.4 is 10.6 Å². The lowest BCUT2D eigenvalue weighted by atomic mass is 9.90. The Morgan fingerprint density at radius 1 is 0.744 bits per heavy atom. The fourth-order valence-electron chi connectivity index (χ4n) is 4.79. The molecule has 11 nitrogen and oxygen atoms in total. The SMILES string of the molecule is O=C(O)CC[C@H](NC(=O)C1C[C@@H](C(=O)O)NC(=O)CCCCCCCCCCCCCCCCC1=O)C(=O)O. The highest BCUT2D eigenvalue weighted by Gasteiger charge is 2.35. The zero-order chi connectivity index (χ0) is 29.0. The molecular weight excluding hydrogens is 508 g/mol. The summed E-state index contributed by atoms with van der Waals surface area (Å²) in [6.07, 6.45) is 12.7. The predicted octanol–water partition coefficient (Wildman–Crippen LogP) is 3.82. The van der Waals surface area contributed by atoms with E-state index in [-0.39, 0.29) is 12.8 Å². The third-order valence-electron chi connectivity index (χ3n) is 7.15. The van der Waals surface area contributed by atoms with E-state index in [1.165, 1.54) is 32.1 Å². The van der Waals surface area contributed by atoms with Crippen LogP contribution in [0.25, 0.3) is 0 Å². The van der Waals surface area contributed by atoms with Gasteiger partial charge in [0.1, 0.15) is 17.9 Å². The van der Waals surface area contributed by atoms with Crippen molar-refractivity contribution in [1.29, 1.82) is 0 Å². The second-order valence-corrected chi connectivity index (χ2v) is 10.5. The van der Waals surface area contributed by atoms with Crippen LogP contribution in [0.4, 0.5) is 0 Å². The van der Waals surface area contributed by atoms with Gasteiger partial charge in [0, 0.05) is 19.3 Å². The number of amides is 2. The molecule has 1 fully saturated rings. The molecule has 1 aliphatic heterocycles. The Hall–Kier alpha value is -2.98. The molecule has 0 aliphatic carbocycles. The maximum atomic E-state index is 13.1. The first-order chi connectivity index (χ1) is 18.6. The number of hydrogen-bond acceptors (Lipinski definition) is 6. The maximum absolute atomic E-state index is 13.1. The summed E-state index contributed by atoms with van der Waals surface area (Å²) >= 11 is 0. The second-order valence-electron chi connectivity index (χ2n) is 10.5. The molecule has 0 aromatic carbocycles. The average molecular weight is 555 g/mol. The fourth-order valence-corrected chi connectivity index (χ4v) is 4.79. The second kappa shape index (κ2) is 20.0. The largest absolute Gasteiger partial charge is 0.481 e. The van der Waals surface area contributed by atoms with E-state index in [1.807, 2.05) is 0 Å². The highest BCUT2D eigenvalue weighted by molar-refractivity contribution is 6.03. The first kappa shape index (κ1) is 34.0. The molecule has 0 aromatic rings. The summed E-state index contributed by atoms with van der Waals surface area (Å²) in [5, 5.41) is 32.6. The van der Waals surface area contributed by atoms with Crippen molar-refractivity contribution in [1.82, 2.24) is 10.6 Å². The first-order valence-corrected chi connectivity index (χ1v) is 14.4. The maximum Gasteiger partial charge on any atom is 0.326 e. The molecule has 11 heteroatoms. The van der Waals surface area contributed by atoms with Crippen LogP contribution in [0.2, 0.25) is 0 Å². The predicted molar refractivity (Wildman–Crippen MR) is 143 cm³/mol. The van der Waals surface area contributed by atoms with Gasteiger partial charge in [-0.25, -0.2) is 9.59 Å². The van der Waals surface area contributed by atoms with Crippen molar-refractivity contribution in [3.63, 3.8) is 0 Å². The van der Waals surface area contributed by atoms with Gasteiger partial charge in [-0.05, 0) is 25.7 Å². The Bertz CT molecular complexity index is 815. The van der Waals surface area contributed by atoms with Gasteiger partial charge in [0.25, 0.3) is 0 Å². The number of rotatable bonds is 7. The molecule has 222 valence electrons. The van der Waals surface area contributed by atoms with Crippen molar-refractivity contribution in [2.75, 3.05) is 0 Å². The Morgan fingerprint density at radius 2 is 1.21 bits per heavy atom. The van der Waals surface area contributed by atoms with Crippen LogP contribution >= 0.6 is 0 Å². The molecule has 0 radical (unpaired) electrons. The zero-order valence-corrected chi connectivity index (χ0v) is 23.0. The van der Waals surface area contributed by atoms with Crippen LogP contribution in [0.1, 0.15) is 122 Å². The van der Waals surface area contributed by atoms with E-state index < -0.39 is 72.8 Å². The van der Waals surface area contributed by atoms with E-state index in [0.717, 1.165) is 44.9 Å². The van der Waals surface area contributed by atoms with E-state index in [9.17, 15) is 39.0 Å². The van der Waals surface area contributed by atoms with Gasteiger partial charge in [-0.3, -0.25) is 19.2 Å². The molecule has 1 rings (SSSR count). The lowest BCUT2D eigenvalue weighted by molar-refractivity contribution is -0.147.